The summed E-state index contributed by atoms with van der Waals surface area (Å²) < 4.78 is 5.18. The van der Waals surface area contributed by atoms with Gasteiger partial charge in [0.15, 0.2) is 0 Å². The molecule has 3 aromatic rings. The van der Waals surface area contributed by atoms with Crippen molar-refractivity contribution in [2.75, 3.05) is 6.54 Å². The Balaban J connectivity index is 1.40. The number of nitrogens with zero attached hydrogens (tertiary/aromatic N) is 2. The van der Waals surface area contributed by atoms with E-state index in [0.717, 1.165) is 16.9 Å². The van der Waals surface area contributed by atoms with Gasteiger partial charge in [-0.2, -0.15) is 4.98 Å². The van der Waals surface area contributed by atoms with E-state index in [-0.39, 0.29) is 5.91 Å². The zero-order chi connectivity index (χ0) is 16.8. The molecule has 5 nitrogen and oxygen atoms in total. The smallest absolute Gasteiger partial charge is 0.227 e. The van der Waals surface area contributed by atoms with Crippen LogP contribution in [0, 0.1) is 0 Å². The number of carbonyl (C=O) groups excluding carboxylic acids is 1. The minimum absolute atomic E-state index is 0.0279. The van der Waals surface area contributed by atoms with Crippen molar-refractivity contribution in [3.05, 3.63) is 58.3 Å². The van der Waals surface area contributed by atoms with Crippen LogP contribution in [0.25, 0.3) is 10.7 Å². The molecule has 7 heteroatoms. The van der Waals surface area contributed by atoms with Crippen LogP contribution in [-0.4, -0.2) is 22.6 Å². The van der Waals surface area contributed by atoms with Crippen molar-refractivity contribution in [1.29, 1.82) is 0 Å². The van der Waals surface area contributed by atoms with Crippen molar-refractivity contribution < 1.29 is 9.32 Å². The van der Waals surface area contributed by atoms with Crippen LogP contribution in [0.15, 0.2) is 46.3 Å². The molecule has 0 saturated heterocycles. The third-order valence-electron chi connectivity index (χ3n) is 3.42. The topological polar surface area (TPSA) is 68.0 Å². The Kier molecular flexibility index (Phi) is 5.61. The quantitative estimate of drug-likeness (QED) is 0.696. The summed E-state index contributed by atoms with van der Waals surface area (Å²) >= 11 is 7.39. The lowest BCUT2D eigenvalue weighted by molar-refractivity contribution is -0.121. The zero-order valence-electron chi connectivity index (χ0n) is 12.9. The fourth-order valence-corrected chi connectivity index (χ4v) is 2.94. The second-order valence-corrected chi connectivity index (χ2v) is 6.60. The first-order valence-corrected chi connectivity index (χ1v) is 8.84. The third-order valence-corrected chi connectivity index (χ3v) is 4.54. The van der Waals surface area contributed by atoms with Gasteiger partial charge in [-0.3, -0.25) is 4.79 Å². The van der Waals surface area contributed by atoms with Gasteiger partial charge >= 0.3 is 0 Å². The van der Waals surface area contributed by atoms with Gasteiger partial charge in [-0.05, 0) is 35.6 Å². The van der Waals surface area contributed by atoms with Crippen molar-refractivity contribution in [2.45, 2.75) is 19.3 Å². The van der Waals surface area contributed by atoms with E-state index in [4.69, 9.17) is 16.1 Å². The summed E-state index contributed by atoms with van der Waals surface area (Å²) in [5.74, 6) is 1.02. The van der Waals surface area contributed by atoms with Crippen LogP contribution in [0.5, 0.6) is 0 Å². The number of hydrogen-bond acceptors (Lipinski definition) is 5. The Hall–Kier alpha value is -2.18. The average molecular weight is 362 g/mol. The molecular formula is C17H16ClN3O2S. The number of amides is 1. The largest absolute Gasteiger partial charge is 0.356 e. The summed E-state index contributed by atoms with van der Waals surface area (Å²) in [5.41, 5.74) is 1.14. The monoisotopic (exact) mass is 361 g/mol. The third kappa shape index (κ3) is 4.66. The molecule has 0 saturated carbocycles. The van der Waals surface area contributed by atoms with E-state index in [2.05, 4.69) is 15.5 Å². The number of thiophene rings is 1. The Labute approximate surface area is 148 Å². The van der Waals surface area contributed by atoms with Gasteiger partial charge in [-0.1, -0.05) is 35.0 Å². The van der Waals surface area contributed by atoms with Crippen molar-refractivity contribution in [2.24, 2.45) is 0 Å². The second kappa shape index (κ2) is 8.08. The molecule has 1 N–H and O–H groups in total. The zero-order valence-corrected chi connectivity index (χ0v) is 14.4. The van der Waals surface area contributed by atoms with Gasteiger partial charge in [0.1, 0.15) is 0 Å². The van der Waals surface area contributed by atoms with Crippen molar-refractivity contribution in [3.63, 3.8) is 0 Å². The van der Waals surface area contributed by atoms with E-state index in [9.17, 15) is 4.79 Å². The Morgan fingerprint density at radius 2 is 2.04 bits per heavy atom. The molecule has 3 rings (SSSR count). The molecule has 0 bridgehead atoms. The first kappa shape index (κ1) is 16.7. The lowest BCUT2D eigenvalue weighted by Gasteiger charge is -2.04. The summed E-state index contributed by atoms with van der Waals surface area (Å²) in [7, 11) is 0. The first-order chi connectivity index (χ1) is 11.7. The van der Waals surface area contributed by atoms with E-state index in [1.54, 1.807) is 11.3 Å². The fraction of sp³-hybridized carbons (Fsp3) is 0.235. The maximum Gasteiger partial charge on any atom is 0.227 e. The standard InChI is InChI=1S/C17H16ClN3O2S/c18-13-5-3-12(4-6-13)9-10-19-15(22)7-8-16-20-17(21-23-16)14-2-1-11-24-14/h1-6,11H,7-10H2,(H,19,22). The lowest BCUT2D eigenvalue weighted by Crippen LogP contribution is -2.25. The minimum Gasteiger partial charge on any atom is -0.356 e. The summed E-state index contributed by atoms with van der Waals surface area (Å²) in [6, 6.07) is 11.5. The van der Waals surface area contributed by atoms with E-state index in [0.29, 0.717) is 36.1 Å². The van der Waals surface area contributed by atoms with E-state index in [1.165, 1.54) is 0 Å². The minimum atomic E-state index is -0.0279. The average Bonchev–Trinajstić information content (AvgIpc) is 3.26. The van der Waals surface area contributed by atoms with Gasteiger partial charge in [0.2, 0.25) is 17.6 Å². The molecule has 124 valence electrons. The number of nitrogens with one attached hydrogen (secondary N) is 1. The highest BCUT2D eigenvalue weighted by Crippen LogP contribution is 2.21. The molecule has 24 heavy (non-hydrogen) atoms. The second-order valence-electron chi connectivity index (χ2n) is 5.22. The molecule has 0 radical (unpaired) electrons. The number of aromatic nitrogens is 2. The molecule has 1 amide bonds. The highest BCUT2D eigenvalue weighted by molar-refractivity contribution is 7.13. The Bertz CT molecular complexity index is 785. The van der Waals surface area contributed by atoms with E-state index >= 15 is 0 Å². The summed E-state index contributed by atoms with van der Waals surface area (Å²) in [5, 5.41) is 9.49. The Morgan fingerprint density at radius 3 is 2.79 bits per heavy atom. The normalized spacial score (nSPS) is 10.7. The molecule has 1 aromatic carbocycles. The highest BCUT2D eigenvalue weighted by atomic mass is 35.5. The van der Waals surface area contributed by atoms with E-state index < -0.39 is 0 Å². The van der Waals surface area contributed by atoms with Gasteiger partial charge in [0, 0.05) is 24.4 Å². The van der Waals surface area contributed by atoms with Crippen LogP contribution in [0.1, 0.15) is 17.9 Å². The molecule has 2 aromatic heterocycles. The molecule has 0 aliphatic heterocycles. The van der Waals surface area contributed by atoms with Crippen molar-refractivity contribution in [1.82, 2.24) is 15.5 Å². The van der Waals surface area contributed by atoms with Gasteiger partial charge in [0.25, 0.3) is 0 Å². The van der Waals surface area contributed by atoms with Gasteiger partial charge in [-0.15, -0.1) is 11.3 Å². The predicted molar refractivity (Wildman–Crippen MR) is 94.1 cm³/mol. The molecule has 0 fully saturated rings. The number of benzene rings is 1. The van der Waals surface area contributed by atoms with Gasteiger partial charge in [-0.25, -0.2) is 0 Å². The van der Waals surface area contributed by atoms with Crippen molar-refractivity contribution in [3.8, 4) is 10.7 Å². The number of rotatable bonds is 7. The lowest BCUT2D eigenvalue weighted by atomic mass is 10.1. The Morgan fingerprint density at radius 1 is 1.21 bits per heavy atom. The van der Waals surface area contributed by atoms with Crippen molar-refractivity contribution >= 4 is 28.8 Å². The predicted octanol–water partition coefficient (Wildman–Crippen LogP) is 3.74. The van der Waals surface area contributed by atoms with Gasteiger partial charge < -0.3 is 9.84 Å². The number of halogens is 1. The van der Waals surface area contributed by atoms with Crippen LogP contribution < -0.4 is 5.32 Å². The summed E-state index contributed by atoms with van der Waals surface area (Å²) in [6.45, 7) is 0.588. The molecule has 0 atom stereocenters. The highest BCUT2D eigenvalue weighted by Gasteiger charge is 2.11. The maximum absolute atomic E-state index is 11.9. The molecular weight excluding hydrogens is 346 g/mol. The van der Waals surface area contributed by atoms with E-state index in [1.807, 2.05) is 41.8 Å². The summed E-state index contributed by atoms with van der Waals surface area (Å²) in [6.07, 6.45) is 1.53. The molecule has 0 unspecified atom stereocenters. The molecule has 0 aliphatic carbocycles. The number of aryl methyl sites for hydroxylation is 1. The fourth-order valence-electron chi connectivity index (χ4n) is 2.17. The number of carbonyl (C=O) groups is 1. The number of hydrogen-bond donors (Lipinski definition) is 1. The van der Waals surface area contributed by atoms with Gasteiger partial charge in [0.05, 0.1) is 4.88 Å². The molecule has 0 spiro atoms. The van der Waals surface area contributed by atoms with Crippen LogP contribution >= 0.6 is 22.9 Å². The van der Waals surface area contributed by atoms with Crippen LogP contribution in [-0.2, 0) is 17.6 Å². The molecule has 0 aliphatic rings. The SMILES string of the molecule is O=C(CCc1nc(-c2cccs2)no1)NCCc1ccc(Cl)cc1. The van der Waals surface area contributed by atoms with Crippen LogP contribution in [0.4, 0.5) is 0 Å². The maximum atomic E-state index is 11.9. The van der Waals surface area contributed by atoms with Crippen LogP contribution in [0.2, 0.25) is 5.02 Å². The van der Waals surface area contributed by atoms with Crippen LogP contribution in [0.3, 0.4) is 0 Å². The molecule has 2 heterocycles. The summed E-state index contributed by atoms with van der Waals surface area (Å²) in [4.78, 5) is 17.1. The first-order valence-electron chi connectivity index (χ1n) is 7.58.